The van der Waals surface area contributed by atoms with Crippen LogP contribution in [-0.2, 0) is 11.2 Å². The molecule has 1 rings (SSSR count). The van der Waals surface area contributed by atoms with E-state index in [1.165, 1.54) is 5.54 Å². The Morgan fingerprint density at radius 2 is 1.93 bits per heavy atom. The van der Waals surface area contributed by atoms with Crippen molar-refractivity contribution in [3.8, 4) is 0 Å². The van der Waals surface area contributed by atoms with E-state index in [4.69, 9.17) is 0 Å². The van der Waals surface area contributed by atoms with Crippen molar-refractivity contribution in [2.75, 3.05) is 0 Å². The third-order valence-electron chi connectivity index (χ3n) is 2.19. The van der Waals surface area contributed by atoms with Gasteiger partial charge in [-0.1, -0.05) is 44.2 Å². The molecule has 1 amide bonds. The van der Waals surface area contributed by atoms with Crippen LogP contribution in [0.1, 0.15) is 19.4 Å². The zero-order valence-corrected chi connectivity index (χ0v) is 8.38. The maximum absolute atomic E-state index is 12.0. The summed E-state index contributed by atoms with van der Waals surface area (Å²) in [7, 11) is 0. The minimum absolute atomic E-state index is 0.531. The zero-order valence-electron chi connectivity index (χ0n) is 8.38. The molecule has 0 unspecified atom stereocenters. The normalized spacial score (nSPS) is 11.1. The van der Waals surface area contributed by atoms with Gasteiger partial charge >= 0.3 is 0 Å². The molecule has 0 radical (unpaired) electrons. The number of carbonyl (C=O) groups is 1. The van der Waals surface area contributed by atoms with E-state index in [1.54, 1.807) is 13.8 Å². The number of carbonyl (C=O) groups excluding carboxylic acids is 1. The lowest BCUT2D eigenvalue weighted by molar-refractivity contribution is -0.133. The SMILES string of the molecule is CC(C)(Cc1ccccc1)C(=O)NF. The van der Waals surface area contributed by atoms with Crippen LogP contribution in [0.3, 0.4) is 0 Å². The van der Waals surface area contributed by atoms with E-state index < -0.39 is 11.3 Å². The Morgan fingerprint density at radius 1 is 1.36 bits per heavy atom. The Labute approximate surface area is 83.1 Å². The van der Waals surface area contributed by atoms with Crippen LogP contribution in [0.15, 0.2) is 30.3 Å². The third-order valence-corrected chi connectivity index (χ3v) is 2.19. The fourth-order valence-electron chi connectivity index (χ4n) is 1.31. The molecule has 3 heteroatoms. The monoisotopic (exact) mass is 195 g/mol. The van der Waals surface area contributed by atoms with Crippen molar-refractivity contribution in [2.24, 2.45) is 5.41 Å². The van der Waals surface area contributed by atoms with Crippen LogP contribution in [0.25, 0.3) is 0 Å². The molecule has 2 nitrogen and oxygen atoms in total. The van der Waals surface area contributed by atoms with Gasteiger partial charge in [-0.2, -0.15) is 5.54 Å². The molecule has 0 aliphatic rings. The number of nitrogens with one attached hydrogen (secondary N) is 1. The molecular weight excluding hydrogens is 181 g/mol. The molecule has 14 heavy (non-hydrogen) atoms. The zero-order chi connectivity index (χ0) is 10.6. The number of benzene rings is 1. The van der Waals surface area contributed by atoms with Crippen LogP contribution >= 0.6 is 0 Å². The fourth-order valence-corrected chi connectivity index (χ4v) is 1.31. The lowest BCUT2D eigenvalue weighted by Gasteiger charge is -2.20. The number of halogens is 1. The summed E-state index contributed by atoms with van der Waals surface area (Å²) in [4.78, 5) is 11.2. The Hall–Kier alpha value is -1.38. The first kappa shape index (κ1) is 10.7. The predicted molar refractivity (Wildman–Crippen MR) is 53.2 cm³/mol. The van der Waals surface area contributed by atoms with E-state index in [9.17, 15) is 9.28 Å². The Morgan fingerprint density at radius 3 is 2.43 bits per heavy atom. The highest BCUT2D eigenvalue weighted by Gasteiger charge is 2.27. The first-order valence-corrected chi connectivity index (χ1v) is 4.51. The molecule has 0 saturated heterocycles. The van der Waals surface area contributed by atoms with Crippen molar-refractivity contribution in [1.82, 2.24) is 5.54 Å². The molecule has 1 N–H and O–H groups in total. The highest BCUT2D eigenvalue weighted by molar-refractivity contribution is 5.81. The van der Waals surface area contributed by atoms with Crippen LogP contribution in [0.2, 0.25) is 0 Å². The van der Waals surface area contributed by atoms with Crippen LogP contribution in [0.5, 0.6) is 0 Å². The van der Waals surface area contributed by atoms with E-state index in [2.05, 4.69) is 0 Å². The van der Waals surface area contributed by atoms with Gasteiger partial charge in [-0.25, -0.2) is 0 Å². The molecule has 0 fully saturated rings. The highest BCUT2D eigenvalue weighted by atomic mass is 19.2. The smallest absolute Gasteiger partial charge is 0.253 e. The summed E-state index contributed by atoms with van der Waals surface area (Å²) in [5, 5.41) is 0. The number of hydrogen-bond acceptors (Lipinski definition) is 1. The summed E-state index contributed by atoms with van der Waals surface area (Å²) in [6, 6.07) is 9.56. The first-order valence-electron chi connectivity index (χ1n) is 4.51. The van der Waals surface area contributed by atoms with Gasteiger partial charge in [0.1, 0.15) is 0 Å². The standard InChI is InChI=1S/C11H14FNO/c1-11(2,10(14)13-12)8-9-6-4-3-5-7-9/h3-7H,8H2,1-2H3,(H,13,14). The van der Waals surface area contributed by atoms with E-state index in [0.29, 0.717) is 6.42 Å². The Kier molecular flexibility index (Phi) is 3.23. The number of amides is 1. The van der Waals surface area contributed by atoms with Gasteiger partial charge < -0.3 is 0 Å². The van der Waals surface area contributed by atoms with Crippen molar-refractivity contribution < 1.29 is 9.28 Å². The second-order valence-electron chi connectivity index (χ2n) is 3.97. The van der Waals surface area contributed by atoms with E-state index in [-0.39, 0.29) is 0 Å². The molecule has 0 atom stereocenters. The van der Waals surface area contributed by atoms with Crippen molar-refractivity contribution in [1.29, 1.82) is 0 Å². The molecule has 0 bridgehead atoms. The van der Waals surface area contributed by atoms with E-state index in [1.807, 2.05) is 30.3 Å². The molecular formula is C11H14FNO. The average molecular weight is 195 g/mol. The summed E-state index contributed by atoms with van der Waals surface area (Å²) in [6.07, 6.45) is 0.531. The fraction of sp³-hybridized carbons (Fsp3) is 0.364. The average Bonchev–Trinajstić information content (AvgIpc) is 2.17. The summed E-state index contributed by atoms with van der Waals surface area (Å²) in [5.74, 6) is -0.582. The van der Waals surface area contributed by atoms with Crippen LogP contribution in [0, 0.1) is 5.41 Å². The van der Waals surface area contributed by atoms with Crippen LogP contribution < -0.4 is 5.54 Å². The quantitative estimate of drug-likeness (QED) is 0.736. The number of hydrogen-bond donors (Lipinski definition) is 1. The van der Waals surface area contributed by atoms with E-state index >= 15 is 0 Å². The molecule has 1 aromatic carbocycles. The van der Waals surface area contributed by atoms with Gasteiger partial charge in [-0.05, 0) is 12.0 Å². The summed E-state index contributed by atoms with van der Waals surface area (Å²) in [6.45, 7) is 3.43. The van der Waals surface area contributed by atoms with Crippen molar-refractivity contribution in [3.05, 3.63) is 35.9 Å². The van der Waals surface area contributed by atoms with E-state index in [0.717, 1.165) is 5.56 Å². The van der Waals surface area contributed by atoms with Crippen molar-refractivity contribution >= 4 is 5.91 Å². The lowest BCUT2D eigenvalue weighted by atomic mass is 9.85. The maximum Gasteiger partial charge on any atom is 0.253 e. The second kappa shape index (κ2) is 4.22. The van der Waals surface area contributed by atoms with Gasteiger partial charge in [0.25, 0.3) is 5.91 Å². The predicted octanol–water partition coefficient (Wildman–Crippen LogP) is 2.26. The van der Waals surface area contributed by atoms with Crippen LogP contribution in [-0.4, -0.2) is 5.91 Å². The Bertz CT molecular complexity index is 308. The molecule has 0 aromatic heterocycles. The molecule has 0 spiro atoms. The van der Waals surface area contributed by atoms with Gasteiger partial charge in [0.05, 0.1) is 0 Å². The van der Waals surface area contributed by atoms with Gasteiger partial charge in [-0.3, -0.25) is 4.79 Å². The third kappa shape index (κ3) is 2.55. The molecule has 1 aromatic rings. The maximum atomic E-state index is 12.0. The topological polar surface area (TPSA) is 29.1 Å². The molecule has 0 aliphatic carbocycles. The van der Waals surface area contributed by atoms with Gasteiger partial charge in [0.2, 0.25) is 0 Å². The number of rotatable bonds is 3. The van der Waals surface area contributed by atoms with Crippen LogP contribution in [0.4, 0.5) is 4.48 Å². The molecule has 0 saturated carbocycles. The van der Waals surface area contributed by atoms with Gasteiger partial charge in [0.15, 0.2) is 0 Å². The minimum atomic E-state index is -0.712. The summed E-state index contributed by atoms with van der Waals surface area (Å²) >= 11 is 0. The summed E-state index contributed by atoms with van der Waals surface area (Å²) < 4.78 is 12.0. The Balaban J connectivity index is 2.73. The molecule has 76 valence electrons. The van der Waals surface area contributed by atoms with Crippen molar-refractivity contribution in [2.45, 2.75) is 20.3 Å². The van der Waals surface area contributed by atoms with Gasteiger partial charge in [-0.15, -0.1) is 4.48 Å². The van der Waals surface area contributed by atoms with Crippen molar-refractivity contribution in [3.63, 3.8) is 0 Å². The highest BCUT2D eigenvalue weighted by Crippen LogP contribution is 2.21. The largest absolute Gasteiger partial charge is 0.272 e. The minimum Gasteiger partial charge on any atom is -0.272 e. The molecule has 0 aliphatic heterocycles. The lowest BCUT2D eigenvalue weighted by Crippen LogP contribution is -2.34. The molecule has 0 heterocycles. The summed E-state index contributed by atoms with van der Waals surface area (Å²) in [5.41, 5.74) is 1.50. The first-order chi connectivity index (χ1) is 6.56. The second-order valence-corrected chi connectivity index (χ2v) is 3.97. The van der Waals surface area contributed by atoms with Gasteiger partial charge in [0, 0.05) is 5.41 Å².